The standard InChI is InChI=1S/C19H34N2OS/c1-4-6-8-10-12-14-19(3,13-11-9-7-5-2)21-17(22)18-20-15-16-23-18/h15-16H,4-14H2,1-3H3,(H,21,22). The maximum atomic E-state index is 12.4. The second-order valence-corrected chi connectivity index (χ2v) is 7.72. The van der Waals surface area contributed by atoms with E-state index in [2.05, 4.69) is 31.1 Å². The Bertz CT molecular complexity index is 419. The molecule has 1 unspecified atom stereocenters. The van der Waals surface area contributed by atoms with Crippen molar-refractivity contribution in [3.63, 3.8) is 0 Å². The zero-order chi connectivity index (χ0) is 17.0. The van der Waals surface area contributed by atoms with Crippen molar-refractivity contribution in [2.24, 2.45) is 0 Å². The van der Waals surface area contributed by atoms with E-state index in [1.165, 1.54) is 69.1 Å². The van der Waals surface area contributed by atoms with Crippen molar-refractivity contribution in [3.05, 3.63) is 16.6 Å². The number of rotatable bonds is 13. The van der Waals surface area contributed by atoms with Gasteiger partial charge in [-0.3, -0.25) is 4.79 Å². The lowest BCUT2D eigenvalue weighted by atomic mass is 9.88. The van der Waals surface area contributed by atoms with Crippen molar-refractivity contribution in [1.29, 1.82) is 0 Å². The van der Waals surface area contributed by atoms with Gasteiger partial charge in [0, 0.05) is 17.1 Å². The summed E-state index contributed by atoms with van der Waals surface area (Å²) in [5.41, 5.74) is -0.0945. The van der Waals surface area contributed by atoms with Gasteiger partial charge >= 0.3 is 0 Å². The molecule has 4 heteroatoms. The van der Waals surface area contributed by atoms with Crippen LogP contribution in [-0.4, -0.2) is 16.4 Å². The van der Waals surface area contributed by atoms with E-state index in [-0.39, 0.29) is 11.4 Å². The van der Waals surface area contributed by atoms with Crippen molar-refractivity contribution in [2.45, 2.75) is 96.9 Å². The maximum absolute atomic E-state index is 12.4. The summed E-state index contributed by atoms with van der Waals surface area (Å²) in [7, 11) is 0. The van der Waals surface area contributed by atoms with Crippen LogP contribution in [0.15, 0.2) is 11.6 Å². The number of hydrogen-bond donors (Lipinski definition) is 1. The van der Waals surface area contributed by atoms with Crippen molar-refractivity contribution in [1.82, 2.24) is 10.3 Å². The van der Waals surface area contributed by atoms with E-state index < -0.39 is 0 Å². The van der Waals surface area contributed by atoms with Crippen LogP contribution in [0, 0.1) is 0 Å². The van der Waals surface area contributed by atoms with Crippen LogP contribution >= 0.6 is 11.3 Å². The first-order valence-corrected chi connectivity index (χ1v) is 10.2. The van der Waals surface area contributed by atoms with E-state index in [0.717, 1.165) is 12.8 Å². The molecular formula is C19H34N2OS. The van der Waals surface area contributed by atoms with Crippen LogP contribution in [0.1, 0.15) is 101 Å². The molecule has 1 heterocycles. The Morgan fingerprint density at radius 2 is 1.61 bits per heavy atom. The van der Waals surface area contributed by atoms with Crippen LogP contribution in [0.25, 0.3) is 0 Å². The number of carbonyl (C=O) groups is 1. The maximum Gasteiger partial charge on any atom is 0.280 e. The fourth-order valence-corrected chi connectivity index (χ4v) is 3.50. The lowest BCUT2D eigenvalue weighted by molar-refractivity contribution is 0.0892. The Labute approximate surface area is 146 Å². The molecule has 0 aliphatic carbocycles. The highest BCUT2D eigenvalue weighted by molar-refractivity contribution is 7.11. The average molecular weight is 339 g/mol. The zero-order valence-electron chi connectivity index (χ0n) is 15.2. The summed E-state index contributed by atoms with van der Waals surface area (Å²) in [6.07, 6.45) is 15.2. The molecule has 0 aliphatic heterocycles. The molecule has 1 aromatic heterocycles. The first-order chi connectivity index (χ1) is 11.1. The van der Waals surface area contributed by atoms with Crippen LogP contribution in [0.2, 0.25) is 0 Å². The second kappa shape index (κ2) is 11.6. The zero-order valence-corrected chi connectivity index (χ0v) is 16.0. The molecule has 1 aromatic rings. The number of aromatic nitrogens is 1. The van der Waals surface area contributed by atoms with Crippen LogP contribution < -0.4 is 5.32 Å². The van der Waals surface area contributed by atoms with E-state index >= 15 is 0 Å². The van der Waals surface area contributed by atoms with Crippen molar-refractivity contribution in [3.8, 4) is 0 Å². The van der Waals surface area contributed by atoms with Gasteiger partial charge in [0.25, 0.3) is 5.91 Å². The molecule has 0 saturated heterocycles. The van der Waals surface area contributed by atoms with E-state index in [1.807, 2.05) is 5.38 Å². The highest BCUT2D eigenvalue weighted by atomic mass is 32.1. The van der Waals surface area contributed by atoms with Crippen LogP contribution in [0.4, 0.5) is 0 Å². The van der Waals surface area contributed by atoms with Gasteiger partial charge in [-0.25, -0.2) is 4.98 Å². The Morgan fingerprint density at radius 1 is 1.04 bits per heavy atom. The van der Waals surface area contributed by atoms with Crippen LogP contribution in [-0.2, 0) is 0 Å². The second-order valence-electron chi connectivity index (χ2n) is 6.83. The molecule has 23 heavy (non-hydrogen) atoms. The highest BCUT2D eigenvalue weighted by Gasteiger charge is 2.26. The first kappa shape index (κ1) is 20.1. The lowest BCUT2D eigenvalue weighted by Crippen LogP contribution is -2.46. The lowest BCUT2D eigenvalue weighted by Gasteiger charge is -2.31. The molecule has 0 aliphatic rings. The molecule has 132 valence electrons. The summed E-state index contributed by atoms with van der Waals surface area (Å²) >= 11 is 1.42. The minimum absolute atomic E-state index is 0.00782. The summed E-state index contributed by atoms with van der Waals surface area (Å²) in [6.45, 7) is 6.69. The monoisotopic (exact) mass is 338 g/mol. The van der Waals surface area contributed by atoms with Gasteiger partial charge < -0.3 is 5.32 Å². The van der Waals surface area contributed by atoms with Gasteiger partial charge in [0.2, 0.25) is 0 Å². The van der Waals surface area contributed by atoms with Gasteiger partial charge in [-0.15, -0.1) is 11.3 Å². The van der Waals surface area contributed by atoms with Gasteiger partial charge in [-0.1, -0.05) is 71.6 Å². The number of amides is 1. The third kappa shape index (κ3) is 8.50. The summed E-state index contributed by atoms with van der Waals surface area (Å²) < 4.78 is 0. The van der Waals surface area contributed by atoms with E-state index in [4.69, 9.17) is 0 Å². The summed E-state index contributed by atoms with van der Waals surface area (Å²) in [5.74, 6) is -0.00782. The van der Waals surface area contributed by atoms with Crippen molar-refractivity contribution in [2.75, 3.05) is 0 Å². The van der Waals surface area contributed by atoms with Gasteiger partial charge in [0.05, 0.1) is 0 Å². The Balaban J connectivity index is 2.50. The fourth-order valence-electron chi connectivity index (χ4n) is 2.97. The Hall–Kier alpha value is -0.900. The van der Waals surface area contributed by atoms with Crippen molar-refractivity contribution >= 4 is 17.2 Å². The Kier molecular flexibility index (Phi) is 10.2. The summed E-state index contributed by atoms with van der Waals surface area (Å²) in [6, 6.07) is 0. The topological polar surface area (TPSA) is 42.0 Å². The first-order valence-electron chi connectivity index (χ1n) is 9.33. The molecule has 1 amide bonds. The molecule has 0 saturated carbocycles. The minimum atomic E-state index is -0.0945. The number of carbonyl (C=O) groups excluding carboxylic acids is 1. The molecule has 0 fully saturated rings. The number of unbranched alkanes of at least 4 members (excludes halogenated alkanes) is 7. The molecule has 1 rings (SSSR count). The quantitative estimate of drug-likeness (QED) is 0.451. The molecule has 0 bridgehead atoms. The predicted molar refractivity (Wildman–Crippen MR) is 100 cm³/mol. The minimum Gasteiger partial charge on any atom is -0.345 e. The molecule has 3 nitrogen and oxygen atoms in total. The summed E-state index contributed by atoms with van der Waals surface area (Å²) in [4.78, 5) is 16.5. The van der Waals surface area contributed by atoms with E-state index in [1.54, 1.807) is 6.20 Å². The van der Waals surface area contributed by atoms with Gasteiger partial charge in [-0.2, -0.15) is 0 Å². The fraction of sp³-hybridized carbons (Fsp3) is 0.789. The predicted octanol–water partition coefficient (Wildman–Crippen LogP) is 5.96. The number of nitrogens with zero attached hydrogens (tertiary/aromatic N) is 1. The number of thiazole rings is 1. The Morgan fingerprint density at radius 3 is 2.13 bits per heavy atom. The van der Waals surface area contributed by atoms with Crippen molar-refractivity contribution < 1.29 is 4.79 Å². The molecule has 0 radical (unpaired) electrons. The third-order valence-corrected chi connectivity index (χ3v) is 5.23. The molecule has 0 aromatic carbocycles. The van der Waals surface area contributed by atoms with Crippen LogP contribution in [0.5, 0.6) is 0 Å². The van der Waals surface area contributed by atoms with E-state index in [9.17, 15) is 4.79 Å². The normalized spacial score (nSPS) is 13.7. The third-order valence-electron chi connectivity index (χ3n) is 4.46. The van der Waals surface area contributed by atoms with Gasteiger partial charge in [0.1, 0.15) is 0 Å². The largest absolute Gasteiger partial charge is 0.345 e. The number of nitrogens with one attached hydrogen (secondary N) is 1. The average Bonchev–Trinajstić information content (AvgIpc) is 3.06. The molecule has 0 spiro atoms. The molecule has 1 atom stereocenters. The van der Waals surface area contributed by atoms with Gasteiger partial charge in [-0.05, 0) is 19.8 Å². The SMILES string of the molecule is CCCCCCCC(C)(CCCCCC)NC(=O)c1nccs1. The molecule has 1 N–H and O–H groups in total. The van der Waals surface area contributed by atoms with Gasteiger partial charge in [0.15, 0.2) is 5.01 Å². The highest BCUT2D eigenvalue weighted by Crippen LogP contribution is 2.23. The smallest absolute Gasteiger partial charge is 0.280 e. The van der Waals surface area contributed by atoms with Crippen LogP contribution in [0.3, 0.4) is 0 Å². The number of hydrogen-bond acceptors (Lipinski definition) is 3. The molecular weight excluding hydrogens is 304 g/mol. The van der Waals surface area contributed by atoms with E-state index in [0.29, 0.717) is 5.01 Å². The summed E-state index contributed by atoms with van der Waals surface area (Å²) in [5, 5.41) is 5.71.